The predicted molar refractivity (Wildman–Crippen MR) is 62.5 cm³/mol. The van der Waals surface area contributed by atoms with E-state index in [1.807, 2.05) is 6.07 Å². The summed E-state index contributed by atoms with van der Waals surface area (Å²) in [7, 11) is 1.40. The molecule has 0 heterocycles. The van der Waals surface area contributed by atoms with Crippen LogP contribution in [-0.4, -0.2) is 29.3 Å². The maximum Gasteiger partial charge on any atom is 0.220 e. The fourth-order valence-corrected chi connectivity index (χ4v) is 1.61. The maximum absolute atomic E-state index is 10.7. The third-order valence-corrected chi connectivity index (χ3v) is 2.48. The first-order valence-electron chi connectivity index (χ1n) is 5.22. The molecule has 1 amide bonds. The summed E-state index contributed by atoms with van der Waals surface area (Å²) >= 11 is 0. The van der Waals surface area contributed by atoms with Crippen LogP contribution in [0.5, 0.6) is 5.75 Å². The van der Waals surface area contributed by atoms with E-state index in [-0.39, 0.29) is 17.5 Å². The number of hydrogen-bond acceptors (Lipinski definition) is 5. The van der Waals surface area contributed by atoms with Gasteiger partial charge in [-0.25, -0.2) is 0 Å². The van der Waals surface area contributed by atoms with Crippen LogP contribution in [0.25, 0.3) is 0 Å². The van der Waals surface area contributed by atoms with Gasteiger partial charge in [-0.3, -0.25) is 4.79 Å². The SMILES string of the molecule is COc1cccc(C(O)C(O)CC(N)=O)c1C#N. The molecule has 0 saturated carbocycles. The lowest BCUT2D eigenvalue weighted by Crippen LogP contribution is -2.26. The highest BCUT2D eigenvalue weighted by atomic mass is 16.5. The Hall–Kier alpha value is -2.10. The predicted octanol–water partition coefficient (Wildman–Crippen LogP) is -0.163. The third kappa shape index (κ3) is 2.97. The fourth-order valence-electron chi connectivity index (χ4n) is 1.61. The number of rotatable bonds is 5. The van der Waals surface area contributed by atoms with Crippen LogP contribution in [0.1, 0.15) is 23.7 Å². The smallest absolute Gasteiger partial charge is 0.220 e. The van der Waals surface area contributed by atoms with Crippen molar-refractivity contribution in [3.05, 3.63) is 29.3 Å². The molecule has 0 aliphatic rings. The van der Waals surface area contributed by atoms with Gasteiger partial charge in [-0.1, -0.05) is 12.1 Å². The van der Waals surface area contributed by atoms with Gasteiger partial charge in [-0.05, 0) is 6.07 Å². The number of methoxy groups -OCH3 is 1. The summed E-state index contributed by atoms with van der Waals surface area (Å²) < 4.78 is 4.98. The summed E-state index contributed by atoms with van der Waals surface area (Å²) in [5.41, 5.74) is 5.26. The molecular formula is C12H14N2O4. The standard InChI is InChI=1S/C12H14N2O4/c1-18-10-4-2-3-7(8(10)6-13)12(17)9(15)5-11(14)16/h2-4,9,12,15,17H,5H2,1H3,(H2,14,16). The van der Waals surface area contributed by atoms with Crippen molar-refractivity contribution in [3.8, 4) is 11.8 Å². The van der Waals surface area contributed by atoms with Gasteiger partial charge in [-0.2, -0.15) is 5.26 Å². The van der Waals surface area contributed by atoms with Gasteiger partial charge in [0.05, 0.1) is 25.2 Å². The number of aliphatic hydroxyl groups excluding tert-OH is 2. The van der Waals surface area contributed by atoms with Gasteiger partial charge in [0, 0.05) is 5.56 Å². The van der Waals surface area contributed by atoms with Gasteiger partial charge in [0.2, 0.25) is 5.91 Å². The fraction of sp³-hybridized carbons (Fsp3) is 0.333. The molecule has 0 aliphatic heterocycles. The van der Waals surface area contributed by atoms with Crippen molar-refractivity contribution in [2.45, 2.75) is 18.6 Å². The molecule has 0 radical (unpaired) electrons. The molecule has 6 nitrogen and oxygen atoms in total. The Morgan fingerprint density at radius 2 is 2.22 bits per heavy atom. The van der Waals surface area contributed by atoms with Crippen LogP contribution in [0, 0.1) is 11.3 Å². The number of ether oxygens (including phenoxy) is 1. The van der Waals surface area contributed by atoms with Gasteiger partial charge >= 0.3 is 0 Å². The molecule has 6 heteroatoms. The molecule has 0 aliphatic carbocycles. The van der Waals surface area contributed by atoms with Crippen molar-refractivity contribution in [3.63, 3.8) is 0 Å². The second kappa shape index (κ2) is 6.00. The number of amides is 1. The molecule has 2 unspecified atom stereocenters. The van der Waals surface area contributed by atoms with E-state index in [1.165, 1.54) is 13.2 Å². The monoisotopic (exact) mass is 250 g/mol. The normalized spacial score (nSPS) is 13.4. The first-order valence-corrected chi connectivity index (χ1v) is 5.22. The van der Waals surface area contributed by atoms with E-state index in [1.54, 1.807) is 12.1 Å². The van der Waals surface area contributed by atoms with Crippen LogP contribution in [-0.2, 0) is 4.79 Å². The molecule has 18 heavy (non-hydrogen) atoms. The van der Waals surface area contributed by atoms with E-state index in [0.717, 1.165) is 0 Å². The first-order chi connectivity index (χ1) is 8.51. The molecular weight excluding hydrogens is 236 g/mol. The number of carbonyl (C=O) groups is 1. The molecule has 1 aromatic rings. The number of benzene rings is 1. The molecule has 1 aromatic carbocycles. The summed E-state index contributed by atoms with van der Waals surface area (Å²) in [6.07, 6.45) is -3.12. The van der Waals surface area contributed by atoms with E-state index >= 15 is 0 Å². The van der Waals surface area contributed by atoms with Gasteiger partial charge in [0.15, 0.2) is 0 Å². The van der Waals surface area contributed by atoms with Crippen molar-refractivity contribution in [2.24, 2.45) is 5.73 Å². The third-order valence-electron chi connectivity index (χ3n) is 2.48. The summed E-state index contributed by atoms with van der Waals surface area (Å²) in [6.45, 7) is 0. The second-order valence-corrected chi connectivity index (χ2v) is 3.72. The largest absolute Gasteiger partial charge is 0.495 e. The first kappa shape index (κ1) is 14.0. The van der Waals surface area contributed by atoms with E-state index in [0.29, 0.717) is 5.75 Å². The van der Waals surface area contributed by atoms with Crippen LogP contribution in [0.4, 0.5) is 0 Å². The maximum atomic E-state index is 10.7. The molecule has 0 spiro atoms. The van der Waals surface area contributed by atoms with Gasteiger partial charge in [-0.15, -0.1) is 0 Å². The average Bonchev–Trinajstić information content (AvgIpc) is 2.35. The lowest BCUT2D eigenvalue weighted by atomic mass is 9.97. The number of nitrogens with zero attached hydrogens (tertiary/aromatic N) is 1. The lowest BCUT2D eigenvalue weighted by molar-refractivity contribution is -0.121. The molecule has 4 N–H and O–H groups in total. The summed E-state index contributed by atoms with van der Waals surface area (Å²) in [5.74, 6) is -0.441. The molecule has 0 fully saturated rings. The molecule has 96 valence electrons. The quantitative estimate of drug-likeness (QED) is 0.671. The zero-order valence-electron chi connectivity index (χ0n) is 9.83. The molecule has 0 saturated heterocycles. The Bertz CT molecular complexity index is 481. The number of nitriles is 1. The second-order valence-electron chi connectivity index (χ2n) is 3.72. The van der Waals surface area contributed by atoms with E-state index in [4.69, 9.17) is 15.7 Å². The topological polar surface area (TPSA) is 117 Å². The molecule has 0 bridgehead atoms. The highest BCUT2D eigenvalue weighted by molar-refractivity contribution is 5.74. The highest BCUT2D eigenvalue weighted by Gasteiger charge is 2.24. The van der Waals surface area contributed by atoms with Gasteiger partial charge in [0.1, 0.15) is 17.9 Å². The minimum atomic E-state index is -1.37. The van der Waals surface area contributed by atoms with Crippen LogP contribution < -0.4 is 10.5 Å². The number of aliphatic hydroxyl groups is 2. The summed E-state index contributed by atoms with van der Waals surface area (Å²) in [4.78, 5) is 10.7. The van der Waals surface area contributed by atoms with Crippen molar-refractivity contribution in [2.75, 3.05) is 7.11 Å². The Morgan fingerprint density at radius 3 is 2.72 bits per heavy atom. The highest BCUT2D eigenvalue weighted by Crippen LogP contribution is 2.28. The van der Waals surface area contributed by atoms with Crippen molar-refractivity contribution in [1.29, 1.82) is 5.26 Å². The number of primary amides is 1. The lowest BCUT2D eigenvalue weighted by Gasteiger charge is -2.18. The number of nitrogens with two attached hydrogens (primary N) is 1. The van der Waals surface area contributed by atoms with E-state index in [9.17, 15) is 15.0 Å². The van der Waals surface area contributed by atoms with Crippen LogP contribution >= 0.6 is 0 Å². The van der Waals surface area contributed by atoms with Crippen molar-refractivity contribution in [1.82, 2.24) is 0 Å². The summed E-state index contributed by atoms with van der Waals surface area (Å²) in [6, 6.07) is 6.52. The number of carbonyl (C=O) groups excluding carboxylic acids is 1. The average molecular weight is 250 g/mol. The van der Waals surface area contributed by atoms with Gasteiger partial charge in [0.25, 0.3) is 0 Å². The molecule has 0 aromatic heterocycles. The molecule has 1 rings (SSSR count). The zero-order chi connectivity index (χ0) is 13.7. The van der Waals surface area contributed by atoms with E-state index in [2.05, 4.69) is 0 Å². The van der Waals surface area contributed by atoms with Crippen LogP contribution in [0.15, 0.2) is 18.2 Å². The Labute approximate surface area is 104 Å². The Morgan fingerprint density at radius 1 is 1.56 bits per heavy atom. The zero-order valence-corrected chi connectivity index (χ0v) is 9.83. The number of hydrogen-bond donors (Lipinski definition) is 3. The van der Waals surface area contributed by atoms with Crippen molar-refractivity contribution < 1.29 is 19.7 Å². The van der Waals surface area contributed by atoms with E-state index < -0.39 is 18.1 Å². The van der Waals surface area contributed by atoms with Crippen LogP contribution in [0.2, 0.25) is 0 Å². The van der Waals surface area contributed by atoms with Gasteiger partial charge < -0.3 is 20.7 Å². The Balaban J connectivity index is 3.09. The summed E-state index contributed by atoms with van der Waals surface area (Å²) in [5, 5.41) is 28.6. The minimum Gasteiger partial charge on any atom is -0.495 e. The minimum absolute atomic E-state index is 0.121. The van der Waals surface area contributed by atoms with Crippen LogP contribution in [0.3, 0.4) is 0 Å². The Kier molecular flexibility index (Phi) is 4.66. The molecule has 2 atom stereocenters. The van der Waals surface area contributed by atoms with Crippen molar-refractivity contribution >= 4 is 5.91 Å².